The molecule has 0 saturated heterocycles. The van der Waals surface area contributed by atoms with Gasteiger partial charge < -0.3 is 10.1 Å². The van der Waals surface area contributed by atoms with E-state index in [2.05, 4.69) is 5.32 Å². The molecular weight excluding hydrogens is 202 g/mol. The molecule has 0 radical (unpaired) electrons. The molecule has 0 saturated carbocycles. The molecule has 16 heavy (non-hydrogen) atoms. The highest BCUT2D eigenvalue weighted by Gasteiger charge is 2.06. The van der Waals surface area contributed by atoms with Gasteiger partial charge in [-0.1, -0.05) is 23.8 Å². The van der Waals surface area contributed by atoms with Gasteiger partial charge in [-0.25, -0.2) is 0 Å². The third-order valence-corrected chi connectivity index (χ3v) is 2.07. The van der Waals surface area contributed by atoms with E-state index in [-0.39, 0.29) is 5.91 Å². The Labute approximate surface area is 96.1 Å². The van der Waals surface area contributed by atoms with Gasteiger partial charge in [0.2, 0.25) is 5.91 Å². The van der Waals surface area contributed by atoms with E-state index in [0.29, 0.717) is 6.42 Å². The molecule has 0 unspecified atom stereocenters. The fourth-order valence-corrected chi connectivity index (χ4v) is 1.30. The number of hydrogen-bond acceptors (Lipinski definition) is 2. The van der Waals surface area contributed by atoms with Crippen molar-refractivity contribution in [3.8, 4) is 5.75 Å². The van der Waals surface area contributed by atoms with Crippen molar-refractivity contribution in [2.75, 3.05) is 7.11 Å². The molecule has 0 aliphatic heterocycles. The summed E-state index contributed by atoms with van der Waals surface area (Å²) >= 11 is 0. The lowest BCUT2D eigenvalue weighted by atomic mass is 10.1. The lowest BCUT2D eigenvalue weighted by Gasteiger charge is -2.07. The number of allylic oxidation sites excluding steroid dienone is 1. The van der Waals surface area contributed by atoms with E-state index in [4.69, 9.17) is 4.74 Å². The fourth-order valence-electron chi connectivity index (χ4n) is 1.30. The van der Waals surface area contributed by atoms with Crippen LogP contribution in [0.15, 0.2) is 36.0 Å². The van der Waals surface area contributed by atoms with E-state index in [1.54, 1.807) is 13.3 Å². The van der Waals surface area contributed by atoms with E-state index >= 15 is 0 Å². The molecule has 1 rings (SSSR count). The van der Waals surface area contributed by atoms with Gasteiger partial charge >= 0.3 is 0 Å². The molecule has 3 heteroatoms. The van der Waals surface area contributed by atoms with Crippen LogP contribution in [0.1, 0.15) is 19.4 Å². The number of para-hydroxylation sites is 1. The SMILES string of the molecule is COc1ccccc1CC(=O)NC=C(C)C. The number of amides is 1. The predicted molar refractivity (Wildman–Crippen MR) is 64.3 cm³/mol. The lowest BCUT2D eigenvalue weighted by molar-refractivity contribution is -0.119. The molecule has 0 spiro atoms. The Hall–Kier alpha value is -1.77. The van der Waals surface area contributed by atoms with Crippen LogP contribution in [-0.2, 0) is 11.2 Å². The van der Waals surface area contributed by atoms with Crippen LogP contribution in [0.5, 0.6) is 5.75 Å². The van der Waals surface area contributed by atoms with Gasteiger partial charge in [-0.2, -0.15) is 0 Å². The van der Waals surface area contributed by atoms with Crippen molar-refractivity contribution < 1.29 is 9.53 Å². The smallest absolute Gasteiger partial charge is 0.228 e. The summed E-state index contributed by atoms with van der Waals surface area (Å²) in [6, 6.07) is 7.52. The Bertz CT molecular complexity index is 393. The second kappa shape index (κ2) is 5.95. The summed E-state index contributed by atoms with van der Waals surface area (Å²) in [7, 11) is 1.60. The summed E-state index contributed by atoms with van der Waals surface area (Å²) in [5.41, 5.74) is 1.96. The van der Waals surface area contributed by atoms with Gasteiger partial charge in [0.25, 0.3) is 0 Å². The number of benzene rings is 1. The zero-order valence-corrected chi connectivity index (χ0v) is 9.91. The van der Waals surface area contributed by atoms with E-state index < -0.39 is 0 Å². The largest absolute Gasteiger partial charge is 0.496 e. The van der Waals surface area contributed by atoms with Gasteiger partial charge in [-0.3, -0.25) is 4.79 Å². The molecule has 0 aromatic heterocycles. The number of nitrogens with one attached hydrogen (secondary N) is 1. The molecule has 1 aromatic rings. The van der Waals surface area contributed by atoms with Crippen molar-refractivity contribution >= 4 is 5.91 Å². The fraction of sp³-hybridized carbons (Fsp3) is 0.308. The van der Waals surface area contributed by atoms with Crippen molar-refractivity contribution in [2.45, 2.75) is 20.3 Å². The normalized spacial score (nSPS) is 9.44. The Morgan fingerprint density at radius 3 is 2.69 bits per heavy atom. The van der Waals surface area contributed by atoms with Crippen molar-refractivity contribution in [2.24, 2.45) is 0 Å². The molecule has 86 valence electrons. The number of carbonyl (C=O) groups is 1. The summed E-state index contributed by atoms with van der Waals surface area (Å²) in [5, 5.41) is 2.73. The topological polar surface area (TPSA) is 38.3 Å². The zero-order valence-electron chi connectivity index (χ0n) is 9.91. The Kier molecular flexibility index (Phi) is 4.58. The van der Waals surface area contributed by atoms with Crippen LogP contribution >= 0.6 is 0 Å². The van der Waals surface area contributed by atoms with Crippen LogP contribution in [0.3, 0.4) is 0 Å². The highest BCUT2D eigenvalue weighted by atomic mass is 16.5. The van der Waals surface area contributed by atoms with Crippen LogP contribution < -0.4 is 10.1 Å². The van der Waals surface area contributed by atoms with Gasteiger partial charge in [0.15, 0.2) is 0 Å². The molecule has 1 amide bonds. The van der Waals surface area contributed by atoms with Crippen molar-refractivity contribution in [1.29, 1.82) is 0 Å². The summed E-state index contributed by atoms with van der Waals surface area (Å²) in [5.74, 6) is 0.709. The zero-order chi connectivity index (χ0) is 12.0. The first-order chi connectivity index (χ1) is 7.63. The first-order valence-corrected chi connectivity index (χ1v) is 5.18. The third-order valence-electron chi connectivity index (χ3n) is 2.07. The molecule has 0 bridgehead atoms. The molecule has 1 N–H and O–H groups in total. The monoisotopic (exact) mass is 219 g/mol. The molecule has 1 aromatic carbocycles. The molecular formula is C13H17NO2. The van der Waals surface area contributed by atoms with Gasteiger partial charge in [-0.05, 0) is 19.9 Å². The Balaban J connectivity index is 2.66. The van der Waals surface area contributed by atoms with Crippen molar-refractivity contribution in [3.05, 3.63) is 41.6 Å². The number of carbonyl (C=O) groups excluding carboxylic acids is 1. The Morgan fingerprint density at radius 1 is 1.38 bits per heavy atom. The highest BCUT2D eigenvalue weighted by molar-refractivity contribution is 5.80. The Morgan fingerprint density at radius 2 is 2.06 bits per heavy atom. The lowest BCUT2D eigenvalue weighted by Crippen LogP contribution is -2.19. The minimum Gasteiger partial charge on any atom is -0.496 e. The second-order valence-corrected chi connectivity index (χ2v) is 3.78. The summed E-state index contributed by atoms with van der Waals surface area (Å²) in [6.07, 6.45) is 2.03. The predicted octanol–water partition coefficient (Wildman–Crippen LogP) is 2.28. The van der Waals surface area contributed by atoms with Gasteiger partial charge in [0.1, 0.15) is 5.75 Å². The maximum atomic E-state index is 11.6. The standard InChI is InChI=1S/C13H17NO2/c1-10(2)9-14-13(15)8-11-6-4-5-7-12(11)16-3/h4-7,9H,8H2,1-3H3,(H,14,15). The van der Waals surface area contributed by atoms with Crippen LogP contribution in [-0.4, -0.2) is 13.0 Å². The molecule has 0 heterocycles. The number of methoxy groups -OCH3 is 1. The first-order valence-electron chi connectivity index (χ1n) is 5.18. The molecule has 0 fully saturated rings. The first kappa shape index (κ1) is 12.3. The molecule has 3 nitrogen and oxygen atoms in total. The van der Waals surface area contributed by atoms with Crippen LogP contribution in [0, 0.1) is 0 Å². The van der Waals surface area contributed by atoms with E-state index in [9.17, 15) is 4.79 Å². The number of ether oxygens (including phenoxy) is 1. The number of hydrogen-bond donors (Lipinski definition) is 1. The van der Waals surface area contributed by atoms with Crippen LogP contribution in [0.4, 0.5) is 0 Å². The van der Waals surface area contributed by atoms with E-state index in [1.807, 2.05) is 38.1 Å². The van der Waals surface area contributed by atoms with Crippen molar-refractivity contribution in [1.82, 2.24) is 5.32 Å². The maximum absolute atomic E-state index is 11.6. The van der Waals surface area contributed by atoms with Crippen LogP contribution in [0.2, 0.25) is 0 Å². The van der Waals surface area contributed by atoms with Gasteiger partial charge in [0.05, 0.1) is 13.5 Å². The molecule has 0 atom stereocenters. The van der Waals surface area contributed by atoms with Crippen LogP contribution in [0.25, 0.3) is 0 Å². The quantitative estimate of drug-likeness (QED) is 0.843. The second-order valence-electron chi connectivity index (χ2n) is 3.78. The highest BCUT2D eigenvalue weighted by Crippen LogP contribution is 2.17. The summed E-state index contributed by atoms with van der Waals surface area (Å²) in [6.45, 7) is 3.87. The van der Waals surface area contributed by atoms with E-state index in [0.717, 1.165) is 16.9 Å². The molecule has 0 aliphatic rings. The van der Waals surface area contributed by atoms with E-state index in [1.165, 1.54) is 0 Å². The summed E-state index contributed by atoms with van der Waals surface area (Å²) < 4.78 is 5.18. The van der Waals surface area contributed by atoms with Crippen molar-refractivity contribution in [3.63, 3.8) is 0 Å². The average molecular weight is 219 g/mol. The average Bonchev–Trinajstić information content (AvgIpc) is 2.27. The minimum absolute atomic E-state index is 0.0364. The molecule has 0 aliphatic carbocycles. The van der Waals surface area contributed by atoms with Gasteiger partial charge in [0, 0.05) is 11.8 Å². The van der Waals surface area contributed by atoms with Gasteiger partial charge in [-0.15, -0.1) is 0 Å². The maximum Gasteiger partial charge on any atom is 0.228 e. The summed E-state index contributed by atoms with van der Waals surface area (Å²) in [4.78, 5) is 11.6. The minimum atomic E-state index is -0.0364. The number of rotatable bonds is 4. The third kappa shape index (κ3) is 3.77.